The number of hydrogen-bond acceptors (Lipinski definition) is 5. The molecule has 0 bridgehead atoms. The smallest absolute Gasteiger partial charge is 0.226 e. The van der Waals surface area contributed by atoms with Crippen molar-refractivity contribution in [3.05, 3.63) is 6.20 Å². The normalized spacial score (nSPS) is 26.3. The monoisotopic (exact) mass is 288 g/mol. The average Bonchev–Trinajstić information content (AvgIpc) is 2.90. The largest absolute Gasteiger partial charge is 0.354 e. The summed E-state index contributed by atoms with van der Waals surface area (Å²) in [5.74, 6) is 3.00. The molecule has 6 heteroatoms. The predicted molar refractivity (Wildman–Crippen MR) is 85.6 cm³/mol. The van der Waals surface area contributed by atoms with Gasteiger partial charge in [0.1, 0.15) is 5.82 Å². The van der Waals surface area contributed by atoms with Gasteiger partial charge in [0.05, 0.1) is 11.6 Å². The molecule has 2 aromatic rings. The van der Waals surface area contributed by atoms with Crippen LogP contribution in [-0.2, 0) is 0 Å². The van der Waals surface area contributed by atoms with E-state index in [0.29, 0.717) is 23.8 Å². The minimum atomic E-state index is 0.476. The van der Waals surface area contributed by atoms with Crippen LogP contribution in [0.2, 0.25) is 0 Å². The van der Waals surface area contributed by atoms with Crippen LogP contribution >= 0.6 is 0 Å². The van der Waals surface area contributed by atoms with Gasteiger partial charge in [-0.2, -0.15) is 15.1 Å². The molecule has 0 saturated carbocycles. The van der Waals surface area contributed by atoms with Crippen molar-refractivity contribution in [2.24, 2.45) is 11.8 Å². The number of nitrogens with zero attached hydrogens (tertiary/aromatic N) is 4. The van der Waals surface area contributed by atoms with Gasteiger partial charge >= 0.3 is 0 Å². The molecule has 3 rings (SSSR count). The highest BCUT2D eigenvalue weighted by atomic mass is 15.3. The fourth-order valence-corrected chi connectivity index (χ4v) is 3.27. The maximum atomic E-state index is 4.75. The topological polar surface area (TPSA) is 69.7 Å². The molecule has 21 heavy (non-hydrogen) atoms. The fourth-order valence-electron chi connectivity index (χ4n) is 3.27. The van der Waals surface area contributed by atoms with Crippen LogP contribution < -0.4 is 10.2 Å². The summed E-state index contributed by atoms with van der Waals surface area (Å²) in [6.45, 7) is 10.8. The van der Waals surface area contributed by atoms with Gasteiger partial charge < -0.3 is 10.2 Å². The van der Waals surface area contributed by atoms with Gasteiger partial charge in [0.25, 0.3) is 0 Å². The van der Waals surface area contributed by atoms with Gasteiger partial charge in [0.2, 0.25) is 5.95 Å². The predicted octanol–water partition coefficient (Wildman–Crippen LogP) is 2.66. The maximum absolute atomic E-state index is 4.75. The molecule has 0 aliphatic carbocycles. The Morgan fingerprint density at radius 2 is 2.14 bits per heavy atom. The Hall–Kier alpha value is -1.85. The summed E-state index contributed by atoms with van der Waals surface area (Å²) < 4.78 is 0. The highest BCUT2D eigenvalue weighted by Gasteiger charge is 2.31. The zero-order chi connectivity index (χ0) is 15.0. The molecule has 0 spiro atoms. The number of rotatable bonds is 3. The van der Waals surface area contributed by atoms with Gasteiger partial charge in [-0.1, -0.05) is 13.8 Å². The van der Waals surface area contributed by atoms with E-state index in [0.717, 1.165) is 29.9 Å². The Bertz CT molecular complexity index is 622. The standard InChI is InChI=1S/C15H24N6/c1-5-16-15-18-13-12(7-17-20-13)14(19-15)21-8-9(2)6-10(3)11(21)4/h7,9-11H,5-6,8H2,1-4H3,(H2,16,17,18,19,20). The number of anilines is 2. The Labute approximate surface area is 125 Å². The lowest BCUT2D eigenvalue weighted by Gasteiger charge is -2.42. The quantitative estimate of drug-likeness (QED) is 0.908. The zero-order valence-electron chi connectivity index (χ0n) is 13.2. The zero-order valence-corrected chi connectivity index (χ0v) is 13.2. The van der Waals surface area contributed by atoms with Crippen LogP contribution in [0.25, 0.3) is 11.0 Å². The summed E-state index contributed by atoms with van der Waals surface area (Å²) in [6, 6.07) is 0.476. The molecule has 1 aliphatic rings. The molecule has 6 nitrogen and oxygen atoms in total. The SMILES string of the molecule is CCNc1nc(N2CC(C)CC(C)C2C)c2cn[nH]c2n1. The molecule has 2 aromatic heterocycles. The summed E-state index contributed by atoms with van der Waals surface area (Å²) in [7, 11) is 0. The molecule has 0 radical (unpaired) electrons. The molecular weight excluding hydrogens is 264 g/mol. The van der Waals surface area contributed by atoms with Crippen LogP contribution in [0.1, 0.15) is 34.1 Å². The second-order valence-electron chi connectivity index (χ2n) is 6.24. The molecular formula is C15H24N6. The van der Waals surface area contributed by atoms with Crippen LogP contribution in [0.15, 0.2) is 6.20 Å². The third kappa shape index (κ3) is 2.54. The summed E-state index contributed by atoms with van der Waals surface area (Å²) in [6.07, 6.45) is 3.11. The van der Waals surface area contributed by atoms with E-state index in [4.69, 9.17) is 4.98 Å². The molecule has 0 aromatic carbocycles. The van der Waals surface area contributed by atoms with Gasteiger partial charge in [-0.3, -0.25) is 5.10 Å². The van der Waals surface area contributed by atoms with E-state index in [2.05, 4.69) is 46.2 Å². The van der Waals surface area contributed by atoms with Crippen molar-refractivity contribution in [2.45, 2.75) is 40.2 Å². The summed E-state index contributed by atoms with van der Waals surface area (Å²) in [5, 5.41) is 11.3. The Morgan fingerprint density at radius 3 is 2.90 bits per heavy atom. The van der Waals surface area contributed by atoms with E-state index in [-0.39, 0.29) is 0 Å². The van der Waals surface area contributed by atoms with Crippen LogP contribution in [0.3, 0.4) is 0 Å². The third-order valence-electron chi connectivity index (χ3n) is 4.49. The number of aromatic nitrogens is 4. The van der Waals surface area contributed by atoms with Crippen molar-refractivity contribution in [3.8, 4) is 0 Å². The van der Waals surface area contributed by atoms with E-state index >= 15 is 0 Å². The Morgan fingerprint density at radius 1 is 1.33 bits per heavy atom. The summed E-state index contributed by atoms with van der Waals surface area (Å²) >= 11 is 0. The number of piperidine rings is 1. The third-order valence-corrected chi connectivity index (χ3v) is 4.49. The van der Waals surface area contributed by atoms with Crippen LogP contribution in [-0.4, -0.2) is 39.3 Å². The van der Waals surface area contributed by atoms with E-state index in [9.17, 15) is 0 Å². The minimum Gasteiger partial charge on any atom is -0.354 e. The first-order chi connectivity index (χ1) is 10.1. The lowest BCUT2D eigenvalue weighted by molar-refractivity contribution is 0.296. The number of aromatic amines is 1. The highest BCUT2D eigenvalue weighted by Crippen LogP contribution is 2.33. The van der Waals surface area contributed by atoms with Gasteiger partial charge in [0, 0.05) is 19.1 Å². The Kier molecular flexibility index (Phi) is 3.69. The van der Waals surface area contributed by atoms with Crippen molar-refractivity contribution in [1.82, 2.24) is 20.2 Å². The van der Waals surface area contributed by atoms with E-state index in [1.54, 1.807) is 0 Å². The highest BCUT2D eigenvalue weighted by molar-refractivity contribution is 5.87. The first-order valence-electron chi connectivity index (χ1n) is 7.81. The van der Waals surface area contributed by atoms with Crippen molar-refractivity contribution >= 4 is 22.8 Å². The van der Waals surface area contributed by atoms with Crippen molar-refractivity contribution < 1.29 is 0 Å². The molecule has 2 N–H and O–H groups in total. The number of nitrogens with one attached hydrogen (secondary N) is 2. The lowest BCUT2D eigenvalue weighted by Crippen LogP contribution is -2.46. The molecule has 3 heterocycles. The second kappa shape index (κ2) is 5.50. The number of fused-ring (bicyclic) bond motifs is 1. The van der Waals surface area contributed by atoms with Crippen molar-refractivity contribution in [1.29, 1.82) is 0 Å². The molecule has 0 amide bonds. The van der Waals surface area contributed by atoms with Gasteiger partial charge in [-0.25, -0.2) is 0 Å². The summed E-state index contributed by atoms with van der Waals surface area (Å²) in [5.41, 5.74) is 0.800. The van der Waals surface area contributed by atoms with Crippen molar-refractivity contribution in [2.75, 3.05) is 23.3 Å². The van der Waals surface area contributed by atoms with E-state index in [1.165, 1.54) is 6.42 Å². The molecule has 1 saturated heterocycles. The van der Waals surface area contributed by atoms with E-state index < -0.39 is 0 Å². The molecule has 3 unspecified atom stereocenters. The molecule has 1 fully saturated rings. The van der Waals surface area contributed by atoms with Gasteiger partial charge in [0.15, 0.2) is 5.65 Å². The van der Waals surface area contributed by atoms with Crippen LogP contribution in [0, 0.1) is 11.8 Å². The second-order valence-corrected chi connectivity index (χ2v) is 6.24. The molecule has 3 atom stereocenters. The summed E-state index contributed by atoms with van der Waals surface area (Å²) in [4.78, 5) is 11.6. The van der Waals surface area contributed by atoms with Crippen molar-refractivity contribution in [3.63, 3.8) is 0 Å². The van der Waals surface area contributed by atoms with E-state index in [1.807, 2.05) is 13.1 Å². The fraction of sp³-hybridized carbons (Fsp3) is 0.667. The first-order valence-corrected chi connectivity index (χ1v) is 7.81. The van der Waals surface area contributed by atoms with Gasteiger partial charge in [-0.05, 0) is 32.1 Å². The molecule has 114 valence electrons. The Balaban J connectivity index is 2.07. The first kappa shape index (κ1) is 14.1. The van der Waals surface area contributed by atoms with Gasteiger partial charge in [-0.15, -0.1) is 0 Å². The average molecular weight is 288 g/mol. The van der Waals surface area contributed by atoms with Crippen LogP contribution in [0.5, 0.6) is 0 Å². The lowest BCUT2D eigenvalue weighted by atomic mass is 9.86. The maximum Gasteiger partial charge on any atom is 0.226 e. The van der Waals surface area contributed by atoms with Crippen LogP contribution in [0.4, 0.5) is 11.8 Å². The number of H-pyrrole nitrogens is 1. The molecule has 1 aliphatic heterocycles. The minimum absolute atomic E-state index is 0.476. The number of hydrogen-bond donors (Lipinski definition) is 2.